The van der Waals surface area contributed by atoms with Crippen molar-refractivity contribution in [3.63, 3.8) is 0 Å². The van der Waals surface area contributed by atoms with Crippen molar-refractivity contribution in [3.8, 4) is 0 Å². The van der Waals surface area contributed by atoms with Gasteiger partial charge in [-0.1, -0.05) is 0 Å². The second-order valence-corrected chi connectivity index (χ2v) is 1.81. The molecule has 7 heteroatoms. The second-order valence-electron chi connectivity index (χ2n) is 1.37. The fourth-order valence-corrected chi connectivity index (χ4v) is 0.224. The maximum absolute atomic E-state index is 8.56. The first-order chi connectivity index (χ1) is 4.65. The van der Waals surface area contributed by atoms with Gasteiger partial charge < -0.3 is 19.3 Å². The van der Waals surface area contributed by atoms with Crippen molar-refractivity contribution in [1.29, 1.82) is 0 Å². The molecular formula is C4H11KO5S. The summed E-state index contributed by atoms with van der Waals surface area (Å²) in [6.07, 6.45) is 1.44. The van der Waals surface area contributed by atoms with Gasteiger partial charge >= 0.3 is 51.4 Å². The van der Waals surface area contributed by atoms with E-state index < -0.39 is 11.4 Å². The zero-order chi connectivity index (χ0) is 8.41. The predicted molar refractivity (Wildman–Crippen MR) is 35.0 cm³/mol. The van der Waals surface area contributed by atoms with Crippen molar-refractivity contribution < 1.29 is 74.9 Å². The molecule has 1 atom stereocenters. The van der Waals surface area contributed by atoms with Crippen molar-refractivity contribution in [2.75, 3.05) is 13.2 Å². The minimum atomic E-state index is -2.86. The fraction of sp³-hybridized carbons (Fsp3) is 1.00. The predicted octanol–water partition coefficient (Wildman–Crippen LogP) is -3.91. The van der Waals surface area contributed by atoms with Gasteiger partial charge in [0.1, 0.15) is 0 Å². The quantitative estimate of drug-likeness (QED) is 0.251. The molecule has 0 aromatic rings. The molecule has 0 saturated carbocycles. The van der Waals surface area contributed by atoms with Crippen LogP contribution in [-0.2, 0) is 11.4 Å². The average molecular weight is 210 g/mol. The number of aliphatic hydroxyl groups excluding tert-OH is 2. The van der Waals surface area contributed by atoms with Crippen molar-refractivity contribution in [3.05, 3.63) is 0 Å². The largest absolute Gasteiger partial charge is 1.00 e. The van der Waals surface area contributed by atoms with Crippen LogP contribution in [0.5, 0.6) is 0 Å². The van der Waals surface area contributed by atoms with E-state index in [0.29, 0.717) is 0 Å². The summed E-state index contributed by atoms with van der Waals surface area (Å²) in [5.41, 5.74) is 0. The van der Waals surface area contributed by atoms with Gasteiger partial charge in [-0.3, -0.25) is 0 Å². The van der Waals surface area contributed by atoms with Crippen LogP contribution in [0.4, 0.5) is 0 Å². The van der Waals surface area contributed by atoms with Gasteiger partial charge in [0.2, 0.25) is 0 Å². The first-order valence-electron chi connectivity index (χ1n) is 2.65. The Bertz CT molecular complexity index is 72.9. The van der Waals surface area contributed by atoms with Crippen molar-refractivity contribution in [2.24, 2.45) is 0 Å². The SMILES string of the molecule is O=S([O-])O.OCCCCO.[K+]. The Balaban J connectivity index is -0.000000114. The molecule has 0 saturated heterocycles. The van der Waals surface area contributed by atoms with Crippen molar-refractivity contribution >= 4 is 11.4 Å². The minimum absolute atomic E-state index is 0. The van der Waals surface area contributed by atoms with Gasteiger partial charge in [-0.05, 0) is 12.8 Å². The monoisotopic (exact) mass is 210 g/mol. The Labute approximate surface area is 111 Å². The van der Waals surface area contributed by atoms with Gasteiger partial charge in [0.15, 0.2) is 0 Å². The first kappa shape index (κ1) is 18.4. The topological polar surface area (TPSA) is 101 Å². The van der Waals surface area contributed by atoms with Crippen LogP contribution in [0, 0.1) is 0 Å². The smallest absolute Gasteiger partial charge is 0.750 e. The summed E-state index contributed by atoms with van der Waals surface area (Å²) in [6, 6.07) is 0. The van der Waals surface area contributed by atoms with Gasteiger partial charge in [-0.2, -0.15) is 0 Å². The number of unbranched alkanes of at least 4 members (excludes halogenated alkanes) is 1. The van der Waals surface area contributed by atoms with Crippen LogP contribution in [-0.4, -0.2) is 36.7 Å². The van der Waals surface area contributed by atoms with Crippen LogP contribution in [0.1, 0.15) is 12.8 Å². The maximum atomic E-state index is 8.56. The second kappa shape index (κ2) is 17.6. The van der Waals surface area contributed by atoms with E-state index in [0.717, 1.165) is 12.8 Å². The van der Waals surface area contributed by atoms with E-state index in [2.05, 4.69) is 0 Å². The molecule has 0 aliphatic heterocycles. The number of hydrogen-bond donors (Lipinski definition) is 3. The Kier molecular flexibility index (Phi) is 29.5. The summed E-state index contributed by atoms with van der Waals surface area (Å²) in [7, 11) is 0. The normalized spacial score (nSPS) is 10.5. The molecule has 0 aliphatic carbocycles. The van der Waals surface area contributed by atoms with Crippen LogP contribution in [0.3, 0.4) is 0 Å². The molecular weight excluding hydrogens is 199 g/mol. The molecule has 0 radical (unpaired) electrons. The molecule has 11 heavy (non-hydrogen) atoms. The summed E-state index contributed by atoms with van der Waals surface area (Å²) in [5, 5.41) is 16.2. The molecule has 0 amide bonds. The summed E-state index contributed by atoms with van der Waals surface area (Å²) in [4.78, 5) is 0. The maximum Gasteiger partial charge on any atom is 1.00 e. The Morgan fingerprint density at radius 3 is 1.45 bits per heavy atom. The molecule has 0 aromatic heterocycles. The molecule has 0 heterocycles. The van der Waals surface area contributed by atoms with E-state index in [1.54, 1.807) is 0 Å². The third kappa shape index (κ3) is 50.3. The molecule has 1 unspecified atom stereocenters. The number of rotatable bonds is 3. The third-order valence-electron chi connectivity index (χ3n) is 0.566. The van der Waals surface area contributed by atoms with E-state index in [1.165, 1.54) is 0 Å². The van der Waals surface area contributed by atoms with Gasteiger partial charge in [-0.15, -0.1) is 0 Å². The van der Waals surface area contributed by atoms with E-state index in [4.69, 9.17) is 23.5 Å². The Morgan fingerprint density at radius 2 is 1.36 bits per heavy atom. The summed E-state index contributed by atoms with van der Waals surface area (Å²) < 4.78 is 24.1. The summed E-state index contributed by atoms with van der Waals surface area (Å²) in [6.45, 7) is 0.390. The molecule has 0 aliphatic rings. The molecule has 3 N–H and O–H groups in total. The van der Waals surface area contributed by atoms with E-state index in [-0.39, 0.29) is 64.6 Å². The number of aliphatic hydroxyl groups is 2. The van der Waals surface area contributed by atoms with E-state index >= 15 is 0 Å². The van der Waals surface area contributed by atoms with Crippen LogP contribution in [0.25, 0.3) is 0 Å². The summed E-state index contributed by atoms with van der Waals surface area (Å²) >= 11 is -2.86. The molecule has 0 fully saturated rings. The summed E-state index contributed by atoms with van der Waals surface area (Å²) in [5.74, 6) is 0. The standard InChI is InChI=1S/C4H10O2.K.H2O3S/c5-3-1-2-4-6;;1-4(2)3/h5-6H,1-4H2;;(H2,1,2,3)/q;+1;/p-1. The van der Waals surface area contributed by atoms with E-state index in [9.17, 15) is 0 Å². The fourth-order valence-electron chi connectivity index (χ4n) is 0.224. The van der Waals surface area contributed by atoms with Gasteiger partial charge in [0.05, 0.1) is 11.4 Å². The third-order valence-corrected chi connectivity index (χ3v) is 0.566. The van der Waals surface area contributed by atoms with Gasteiger partial charge in [0.25, 0.3) is 0 Å². The van der Waals surface area contributed by atoms with Crippen LogP contribution >= 0.6 is 0 Å². The molecule has 0 aromatic carbocycles. The molecule has 64 valence electrons. The molecule has 0 rings (SSSR count). The average Bonchev–Trinajstić information content (AvgIpc) is 1.82. The zero-order valence-electron chi connectivity index (χ0n) is 6.39. The molecule has 0 spiro atoms. The van der Waals surface area contributed by atoms with E-state index in [1.807, 2.05) is 0 Å². The van der Waals surface area contributed by atoms with Crippen LogP contribution in [0.2, 0.25) is 0 Å². The van der Waals surface area contributed by atoms with Gasteiger partial charge in [0, 0.05) is 13.2 Å². The zero-order valence-corrected chi connectivity index (χ0v) is 10.3. The van der Waals surface area contributed by atoms with Crippen LogP contribution < -0.4 is 51.4 Å². The minimum Gasteiger partial charge on any atom is -0.750 e. The first-order valence-corrected chi connectivity index (χ1v) is 3.68. The number of hydrogen-bond acceptors (Lipinski definition) is 4. The molecule has 0 bridgehead atoms. The van der Waals surface area contributed by atoms with Gasteiger partial charge in [-0.25, -0.2) is 4.21 Å². The van der Waals surface area contributed by atoms with Crippen LogP contribution in [0.15, 0.2) is 0 Å². The Morgan fingerprint density at radius 1 is 1.18 bits per heavy atom. The van der Waals surface area contributed by atoms with Crippen molar-refractivity contribution in [2.45, 2.75) is 12.8 Å². The Hall–Kier alpha value is 1.63. The molecule has 5 nitrogen and oxygen atoms in total. The van der Waals surface area contributed by atoms with Crippen molar-refractivity contribution in [1.82, 2.24) is 0 Å².